The monoisotopic (exact) mass is 359 g/mol. The SMILES string of the molecule is CC1=NS(=O)(=O)NC(C)=C1CCC(=O)Nc1ccnc(N)c1.Cl. The van der Waals surface area contributed by atoms with Gasteiger partial charge in [0.05, 0.1) is 5.71 Å². The number of nitrogens with two attached hydrogens (primary N) is 1. The number of nitrogen functional groups attached to an aromatic ring is 1. The van der Waals surface area contributed by atoms with Crippen LogP contribution in [0.15, 0.2) is 34.0 Å². The Morgan fingerprint density at radius 1 is 1.39 bits per heavy atom. The van der Waals surface area contributed by atoms with Gasteiger partial charge < -0.3 is 11.1 Å². The maximum absolute atomic E-state index is 11.9. The Labute approximate surface area is 140 Å². The molecule has 1 aliphatic heterocycles. The molecule has 0 aromatic carbocycles. The van der Waals surface area contributed by atoms with Gasteiger partial charge in [-0.1, -0.05) is 0 Å². The van der Waals surface area contributed by atoms with Crippen LogP contribution in [0.5, 0.6) is 0 Å². The normalized spacial score (nSPS) is 16.0. The van der Waals surface area contributed by atoms with E-state index in [-0.39, 0.29) is 24.7 Å². The number of halogens is 1. The second-order valence-corrected chi connectivity index (χ2v) is 6.21. The molecule has 10 heteroatoms. The van der Waals surface area contributed by atoms with E-state index in [0.29, 0.717) is 29.3 Å². The van der Waals surface area contributed by atoms with Crippen LogP contribution in [0.1, 0.15) is 26.7 Å². The molecule has 0 spiro atoms. The molecule has 1 aromatic heterocycles. The Kier molecular flexibility index (Phi) is 6.11. The molecule has 1 amide bonds. The fourth-order valence-corrected chi connectivity index (χ4v) is 3.17. The highest BCUT2D eigenvalue weighted by Gasteiger charge is 2.20. The van der Waals surface area contributed by atoms with Gasteiger partial charge in [0.2, 0.25) is 5.91 Å². The summed E-state index contributed by atoms with van der Waals surface area (Å²) in [4.78, 5) is 15.8. The van der Waals surface area contributed by atoms with Crippen molar-refractivity contribution in [1.82, 2.24) is 9.71 Å². The lowest BCUT2D eigenvalue weighted by molar-refractivity contribution is -0.116. The van der Waals surface area contributed by atoms with Gasteiger partial charge in [0.25, 0.3) is 0 Å². The van der Waals surface area contributed by atoms with Crippen LogP contribution in [0.25, 0.3) is 0 Å². The van der Waals surface area contributed by atoms with Gasteiger partial charge in [-0.3, -0.25) is 9.52 Å². The summed E-state index contributed by atoms with van der Waals surface area (Å²) in [5.74, 6) is 0.119. The number of carbonyl (C=O) groups excluding carboxylic acids is 1. The summed E-state index contributed by atoms with van der Waals surface area (Å²) in [7, 11) is -3.65. The van der Waals surface area contributed by atoms with Crippen molar-refractivity contribution in [2.45, 2.75) is 26.7 Å². The van der Waals surface area contributed by atoms with E-state index >= 15 is 0 Å². The lowest BCUT2D eigenvalue weighted by Gasteiger charge is -2.17. The quantitative estimate of drug-likeness (QED) is 0.748. The topological polar surface area (TPSA) is 127 Å². The van der Waals surface area contributed by atoms with E-state index in [9.17, 15) is 13.2 Å². The maximum Gasteiger partial charge on any atom is 0.342 e. The minimum atomic E-state index is -3.65. The Morgan fingerprint density at radius 2 is 2.09 bits per heavy atom. The van der Waals surface area contributed by atoms with Crippen LogP contribution in [-0.2, 0) is 15.0 Å². The van der Waals surface area contributed by atoms with Crippen LogP contribution in [0.3, 0.4) is 0 Å². The lowest BCUT2D eigenvalue weighted by Crippen LogP contribution is -2.28. The first-order valence-corrected chi connectivity index (χ1v) is 8.01. The highest BCUT2D eigenvalue weighted by molar-refractivity contribution is 7.88. The van der Waals surface area contributed by atoms with Gasteiger partial charge in [-0.2, -0.15) is 8.42 Å². The Hall–Kier alpha value is -2.13. The standard InChI is InChI=1S/C13H17N5O3S.ClH/c1-8-11(9(2)18-22(20,21)17-8)3-4-13(19)16-10-5-6-15-12(14)7-10;/h5-7,17H,3-4H2,1-2H3,(H3,14,15,16,19);1H. The molecular formula is C13H18ClN5O3S. The number of rotatable bonds is 4. The van der Waals surface area contributed by atoms with Gasteiger partial charge in [0.1, 0.15) is 5.82 Å². The molecule has 1 aromatic rings. The molecule has 8 nitrogen and oxygen atoms in total. The van der Waals surface area contributed by atoms with Crippen molar-refractivity contribution >= 4 is 45.7 Å². The van der Waals surface area contributed by atoms with E-state index < -0.39 is 10.2 Å². The van der Waals surface area contributed by atoms with Gasteiger partial charge in [-0.05, 0) is 31.9 Å². The molecule has 0 radical (unpaired) electrons. The summed E-state index contributed by atoms with van der Waals surface area (Å²) in [5, 5.41) is 2.71. The van der Waals surface area contributed by atoms with Crippen molar-refractivity contribution in [2.24, 2.45) is 4.40 Å². The average Bonchev–Trinajstić information content (AvgIpc) is 2.36. The van der Waals surface area contributed by atoms with Crippen molar-refractivity contribution in [3.8, 4) is 0 Å². The van der Waals surface area contributed by atoms with Crippen LogP contribution in [0, 0.1) is 0 Å². The first-order valence-electron chi connectivity index (χ1n) is 6.57. The zero-order chi connectivity index (χ0) is 16.3. The fourth-order valence-electron chi connectivity index (χ4n) is 2.14. The van der Waals surface area contributed by atoms with Gasteiger partial charge >= 0.3 is 10.2 Å². The van der Waals surface area contributed by atoms with Crippen LogP contribution in [0.2, 0.25) is 0 Å². The molecule has 2 rings (SSSR count). The Balaban J connectivity index is 0.00000264. The van der Waals surface area contributed by atoms with Crippen molar-refractivity contribution in [2.75, 3.05) is 11.1 Å². The lowest BCUT2D eigenvalue weighted by atomic mass is 10.0. The summed E-state index contributed by atoms with van der Waals surface area (Å²) >= 11 is 0. The molecule has 0 unspecified atom stereocenters. The van der Waals surface area contributed by atoms with Crippen LogP contribution in [0.4, 0.5) is 11.5 Å². The minimum absolute atomic E-state index is 0. The van der Waals surface area contributed by atoms with Crippen molar-refractivity contribution in [3.63, 3.8) is 0 Å². The molecule has 1 aliphatic rings. The molecule has 23 heavy (non-hydrogen) atoms. The van der Waals surface area contributed by atoms with Gasteiger partial charge in [0, 0.05) is 30.1 Å². The largest absolute Gasteiger partial charge is 0.384 e. The van der Waals surface area contributed by atoms with Gasteiger partial charge in [0.15, 0.2) is 0 Å². The first-order chi connectivity index (χ1) is 10.3. The van der Waals surface area contributed by atoms with E-state index in [2.05, 4.69) is 19.4 Å². The molecular weight excluding hydrogens is 342 g/mol. The number of nitrogens with one attached hydrogen (secondary N) is 2. The van der Waals surface area contributed by atoms with E-state index in [1.165, 1.54) is 6.20 Å². The third-order valence-electron chi connectivity index (χ3n) is 3.10. The van der Waals surface area contributed by atoms with E-state index in [1.807, 2.05) is 0 Å². The molecule has 0 fully saturated rings. The summed E-state index contributed by atoms with van der Waals surface area (Å²) in [6.07, 6.45) is 2.09. The second-order valence-electron chi connectivity index (χ2n) is 4.87. The predicted molar refractivity (Wildman–Crippen MR) is 91.6 cm³/mol. The Morgan fingerprint density at radius 3 is 2.70 bits per heavy atom. The number of nitrogens with zero attached hydrogens (tertiary/aromatic N) is 2. The van der Waals surface area contributed by atoms with E-state index in [4.69, 9.17) is 5.73 Å². The molecule has 0 aliphatic carbocycles. The number of amides is 1. The maximum atomic E-state index is 11.9. The first kappa shape index (κ1) is 18.9. The number of anilines is 2. The molecule has 126 valence electrons. The zero-order valence-electron chi connectivity index (χ0n) is 12.7. The summed E-state index contributed by atoms with van der Waals surface area (Å²) in [6.45, 7) is 3.26. The summed E-state index contributed by atoms with van der Waals surface area (Å²) in [6, 6.07) is 3.20. The molecule has 0 bridgehead atoms. The highest BCUT2D eigenvalue weighted by Crippen LogP contribution is 2.18. The van der Waals surface area contributed by atoms with Gasteiger partial charge in [-0.15, -0.1) is 16.8 Å². The minimum Gasteiger partial charge on any atom is -0.384 e. The third-order valence-corrected chi connectivity index (χ3v) is 4.17. The van der Waals surface area contributed by atoms with E-state index in [1.54, 1.807) is 26.0 Å². The number of carbonyl (C=O) groups is 1. The third kappa shape index (κ3) is 5.22. The molecule has 2 heterocycles. The van der Waals surface area contributed by atoms with Crippen LogP contribution >= 0.6 is 12.4 Å². The van der Waals surface area contributed by atoms with E-state index in [0.717, 1.165) is 5.57 Å². The second kappa shape index (κ2) is 7.42. The number of allylic oxidation sites excluding steroid dienone is 2. The Bertz CT molecular complexity index is 774. The summed E-state index contributed by atoms with van der Waals surface area (Å²) in [5.41, 5.74) is 7.72. The predicted octanol–water partition coefficient (Wildman–Crippen LogP) is 1.39. The fraction of sp³-hybridized carbons (Fsp3) is 0.308. The van der Waals surface area contributed by atoms with Crippen molar-refractivity contribution in [3.05, 3.63) is 29.6 Å². The molecule has 4 N–H and O–H groups in total. The zero-order valence-corrected chi connectivity index (χ0v) is 14.3. The highest BCUT2D eigenvalue weighted by atomic mass is 35.5. The van der Waals surface area contributed by atoms with Gasteiger partial charge in [-0.25, -0.2) is 4.98 Å². The van der Waals surface area contributed by atoms with Crippen LogP contribution in [-0.4, -0.2) is 25.0 Å². The number of pyridine rings is 1. The summed E-state index contributed by atoms with van der Waals surface area (Å²) < 4.78 is 28.7. The number of hydrogen-bond acceptors (Lipinski definition) is 5. The average molecular weight is 360 g/mol. The van der Waals surface area contributed by atoms with Crippen LogP contribution < -0.4 is 15.8 Å². The molecule has 0 saturated carbocycles. The smallest absolute Gasteiger partial charge is 0.342 e. The number of hydrogen-bond donors (Lipinski definition) is 3. The molecule has 0 saturated heterocycles. The number of aromatic nitrogens is 1. The van der Waals surface area contributed by atoms with Crippen molar-refractivity contribution < 1.29 is 13.2 Å². The van der Waals surface area contributed by atoms with Crippen molar-refractivity contribution in [1.29, 1.82) is 0 Å². The molecule has 0 atom stereocenters.